The van der Waals surface area contributed by atoms with Gasteiger partial charge in [-0.25, -0.2) is 8.78 Å². The summed E-state index contributed by atoms with van der Waals surface area (Å²) < 4.78 is 26.3. The third kappa shape index (κ3) is 4.51. The maximum atomic E-state index is 13.3. The third-order valence-corrected chi connectivity index (χ3v) is 4.80. The van der Waals surface area contributed by atoms with Gasteiger partial charge in [-0.3, -0.25) is 9.78 Å². The van der Waals surface area contributed by atoms with Crippen LogP contribution in [0.15, 0.2) is 60.8 Å². The molecule has 2 N–H and O–H groups in total. The quantitative estimate of drug-likeness (QED) is 0.643. The summed E-state index contributed by atoms with van der Waals surface area (Å²) in [4.78, 5) is 18.8. The van der Waals surface area contributed by atoms with Gasteiger partial charge in [0.1, 0.15) is 5.69 Å². The van der Waals surface area contributed by atoms with Crippen molar-refractivity contribution in [2.75, 3.05) is 28.6 Å². The van der Waals surface area contributed by atoms with Crippen molar-refractivity contribution in [2.45, 2.75) is 12.8 Å². The minimum atomic E-state index is -1.02. The van der Waals surface area contributed by atoms with Gasteiger partial charge in [0.15, 0.2) is 11.6 Å². The molecule has 0 bridgehead atoms. The Morgan fingerprint density at radius 3 is 2.31 bits per heavy atom. The van der Waals surface area contributed by atoms with Crippen LogP contribution in [-0.4, -0.2) is 24.0 Å². The molecule has 3 aromatic rings. The van der Waals surface area contributed by atoms with Gasteiger partial charge in [-0.2, -0.15) is 0 Å². The van der Waals surface area contributed by atoms with E-state index in [-0.39, 0.29) is 11.4 Å². The highest BCUT2D eigenvalue weighted by Crippen LogP contribution is 2.24. The van der Waals surface area contributed by atoms with E-state index in [1.54, 1.807) is 12.1 Å². The molecular weight excluding hydrogens is 374 g/mol. The van der Waals surface area contributed by atoms with Crippen LogP contribution in [0, 0.1) is 11.6 Å². The number of hydrogen-bond donors (Lipinski definition) is 2. The molecule has 2 heterocycles. The zero-order valence-electron chi connectivity index (χ0n) is 15.7. The summed E-state index contributed by atoms with van der Waals surface area (Å²) in [6, 6.07) is 14.7. The normalized spacial score (nSPS) is 13.4. The lowest BCUT2D eigenvalue weighted by Crippen LogP contribution is -2.17. The number of nitrogens with zero attached hydrogens (tertiary/aromatic N) is 2. The number of amides is 1. The Bertz CT molecular complexity index is 1020. The first kappa shape index (κ1) is 18.9. The summed E-state index contributed by atoms with van der Waals surface area (Å²) in [5.41, 5.74) is 3.12. The number of aromatic nitrogens is 1. The Kier molecular flexibility index (Phi) is 5.37. The molecule has 0 radical (unpaired) electrons. The summed E-state index contributed by atoms with van der Waals surface area (Å²) in [6.45, 7) is 2.18. The highest BCUT2D eigenvalue weighted by atomic mass is 19.2. The molecule has 148 valence electrons. The molecule has 1 amide bonds. The molecule has 1 fully saturated rings. The standard InChI is InChI=1S/C22H20F2N4O/c23-19-8-5-16(13-20(19)24)27-22(29)21-14-17(9-10-25-21)26-15-3-6-18(7-4-15)28-11-1-2-12-28/h3-10,13-14H,1-2,11-12H2,(H,25,26)(H,27,29). The molecule has 5 nitrogen and oxygen atoms in total. The lowest BCUT2D eigenvalue weighted by Gasteiger charge is -2.18. The van der Waals surface area contributed by atoms with Crippen LogP contribution in [0.25, 0.3) is 0 Å². The Labute approximate surface area is 167 Å². The van der Waals surface area contributed by atoms with E-state index < -0.39 is 17.5 Å². The highest BCUT2D eigenvalue weighted by Gasteiger charge is 2.13. The Hall–Kier alpha value is -3.48. The molecule has 0 aliphatic carbocycles. The van der Waals surface area contributed by atoms with E-state index in [1.807, 2.05) is 12.1 Å². The fraction of sp³-hybridized carbons (Fsp3) is 0.182. The average molecular weight is 394 g/mol. The van der Waals surface area contributed by atoms with E-state index >= 15 is 0 Å². The SMILES string of the molecule is O=C(Nc1ccc(F)c(F)c1)c1cc(Nc2ccc(N3CCCC3)cc2)ccn1. The zero-order chi connectivity index (χ0) is 20.2. The van der Waals surface area contributed by atoms with Crippen LogP contribution in [-0.2, 0) is 0 Å². The molecule has 1 saturated heterocycles. The van der Waals surface area contributed by atoms with Crippen molar-refractivity contribution in [3.63, 3.8) is 0 Å². The number of rotatable bonds is 5. The fourth-order valence-electron chi connectivity index (χ4n) is 3.30. The fourth-order valence-corrected chi connectivity index (χ4v) is 3.30. The first-order valence-electron chi connectivity index (χ1n) is 9.43. The van der Waals surface area contributed by atoms with Gasteiger partial charge >= 0.3 is 0 Å². The lowest BCUT2D eigenvalue weighted by atomic mass is 10.2. The molecular formula is C22H20F2N4O. The van der Waals surface area contributed by atoms with Crippen molar-refractivity contribution in [1.29, 1.82) is 0 Å². The second-order valence-electron chi connectivity index (χ2n) is 6.88. The maximum Gasteiger partial charge on any atom is 0.274 e. The summed E-state index contributed by atoms with van der Waals surface area (Å²) in [5, 5.41) is 5.76. The highest BCUT2D eigenvalue weighted by molar-refractivity contribution is 6.03. The van der Waals surface area contributed by atoms with Crippen molar-refractivity contribution in [2.24, 2.45) is 0 Å². The molecule has 7 heteroatoms. The average Bonchev–Trinajstić information content (AvgIpc) is 3.26. The van der Waals surface area contributed by atoms with E-state index in [0.717, 1.165) is 30.9 Å². The largest absolute Gasteiger partial charge is 0.372 e. The van der Waals surface area contributed by atoms with E-state index in [1.165, 1.54) is 30.8 Å². The van der Waals surface area contributed by atoms with Crippen LogP contribution < -0.4 is 15.5 Å². The first-order valence-corrected chi connectivity index (χ1v) is 9.43. The van der Waals surface area contributed by atoms with E-state index in [4.69, 9.17) is 0 Å². The van der Waals surface area contributed by atoms with Gasteiger partial charge in [0.2, 0.25) is 0 Å². The predicted molar refractivity (Wildman–Crippen MR) is 110 cm³/mol. The summed E-state index contributed by atoms with van der Waals surface area (Å²) >= 11 is 0. The van der Waals surface area contributed by atoms with Gasteiger partial charge < -0.3 is 15.5 Å². The molecule has 4 rings (SSSR count). The minimum Gasteiger partial charge on any atom is -0.372 e. The van der Waals surface area contributed by atoms with Crippen LogP contribution in [0.5, 0.6) is 0 Å². The van der Waals surface area contributed by atoms with Gasteiger partial charge in [-0.15, -0.1) is 0 Å². The molecule has 1 aliphatic rings. The molecule has 2 aromatic carbocycles. The van der Waals surface area contributed by atoms with Crippen molar-refractivity contribution in [1.82, 2.24) is 4.98 Å². The van der Waals surface area contributed by atoms with Crippen LogP contribution in [0.2, 0.25) is 0 Å². The van der Waals surface area contributed by atoms with Crippen molar-refractivity contribution >= 4 is 28.7 Å². The van der Waals surface area contributed by atoms with Gasteiger partial charge in [-0.1, -0.05) is 0 Å². The van der Waals surface area contributed by atoms with Crippen molar-refractivity contribution < 1.29 is 13.6 Å². The molecule has 0 atom stereocenters. The molecule has 0 saturated carbocycles. The van der Waals surface area contributed by atoms with Gasteiger partial charge in [0, 0.05) is 48.1 Å². The van der Waals surface area contributed by atoms with Crippen LogP contribution in [0.3, 0.4) is 0 Å². The number of benzene rings is 2. The van der Waals surface area contributed by atoms with Gasteiger partial charge in [0.25, 0.3) is 5.91 Å². The van der Waals surface area contributed by atoms with Crippen LogP contribution in [0.4, 0.5) is 31.5 Å². The maximum absolute atomic E-state index is 13.3. The zero-order valence-corrected chi connectivity index (χ0v) is 15.7. The van der Waals surface area contributed by atoms with Gasteiger partial charge in [-0.05, 0) is 61.4 Å². The Morgan fingerprint density at radius 1 is 0.862 bits per heavy atom. The lowest BCUT2D eigenvalue weighted by molar-refractivity contribution is 0.102. The van der Waals surface area contributed by atoms with E-state index in [2.05, 4.69) is 32.7 Å². The second kappa shape index (κ2) is 8.26. The molecule has 0 spiro atoms. The number of hydrogen-bond acceptors (Lipinski definition) is 4. The number of nitrogens with one attached hydrogen (secondary N) is 2. The van der Waals surface area contributed by atoms with Crippen molar-refractivity contribution in [3.8, 4) is 0 Å². The molecule has 1 aromatic heterocycles. The monoisotopic (exact) mass is 394 g/mol. The number of halogens is 2. The number of anilines is 4. The Balaban J connectivity index is 1.43. The van der Waals surface area contributed by atoms with Crippen LogP contribution in [0.1, 0.15) is 23.3 Å². The Morgan fingerprint density at radius 2 is 1.59 bits per heavy atom. The number of pyridine rings is 1. The summed E-state index contributed by atoms with van der Waals surface area (Å²) in [6.07, 6.45) is 3.97. The van der Waals surface area contributed by atoms with E-state index in [9.17, 15) is 13.6 Å². The molecule has 29 heavy (non-hydrogen) atoms. The number of carbonyl (C=O) groups is 1. The smallest absolute Gasteiger partial charge is 0.274 e. The summed E-state index contributed by atoms with van der Waals surface area (Å²) in [5.74, 6) is -2.50. The molecule has 1 aliphatic heterocycles. The third-order valence-electron chi connectivity index (χ3n) is 4.80. The molecule has 0 unspecified atom stereocenters. The first-order chi connectivity index (χ1) is 14.1. The second-order valence-corrected chi connectivity index (χ2v) is 6.88. The minimum absolute atomic E-state index is 0.159. The van der Waals surface area contributed by atoms with Crippen molar-refractivity contribution in [3.05, 3.63) is 78.1 Å². The predicted octanol–water partition coefficient (Wildman–Crippen LogP) is 4.96. The van der Waals surface area contributed by atoms with Crippen LogP contribution >= 0.6 is 0 Å². The van der Waals surface area contributed by atoms with E-state index in [0.29, 0.717) is 5.69 Å². The summed E-state index contributed by atoms with van der Waals surface area (Å²) in [7, 11) is 0. The topological polar surface area (TPSA) is 57.3 Å². The van der Waals surface area contributed by atoms with Gasteiger partial charge in [0.05, 0.1) is 0 Å². The number of carbonyl (C=O) groups excluding carboxylic acids is 1.